The van der Waals surface area contributed by atoms with Crippen LogP contribution in [0.3, 0.4) is 0 Å². The molecule has 3 amide bonds. The van der Waals surface area contributed by atoms with E-state index in [1.165, 1.54) is 31.4 Å². The first-order valence-corrected chi connectivity index (χ1v) is 10.8. The van der Waals surface area contributed by atoms with Gasteiger partial charge in [-0.3, -0.25) is 9.69 Å². The zero-order chi connectivity index (χ0) is 22.0. The first-order chi connectivity index (χ1) is 14.8. The molecule has 0 aromatic heterocycles. The first-order valence-electron chi connectivity index (χ1n) is 10.8. The van der Waals surface area contributed by atoms with E-state index in [1.807, 2.05) is 0 Å². The number of anilines is 1. The number of hydrogen-bond acceptors (Lipinski definition) is 4. The summed E-state index contributed by atoms with van der Waals surface area (Å²) in [5, 5.41) is 5.95. The lowest BCUT2D eigenvalue weighted by Gasteiger charge is -2.44. The van der Waals surface area contributed by atoms with Crippen LogP contribution in [-0.4, -0.2) is 84.5 Å². The molecule has 0 bridgehead atoms. The van der Waals surface area contributed by atoms with Crippen LogP contribution in [0.25, 0.3) is 0 Å². The zero-order valence-corrected chi connectivity index (χ0v) is 17.3. The number of piperazine rings is 2. The molecule has 1 saturated carbocycles. The van der Waals surface area contributed by atoms with Crippen molar-refractivity contribution in [2.75, 3.05) is 51.1 Å². The standard InChI is InChI=1S/C21H28F3N5O2/c22-21(23,24)15-4-6-16(7-5-15)26-20(31)28-12-10-27(11-13-28)19(30)18-14-29(9-8-25-18)17-2-1-3-17/h4-7,17-18,25H,1-3,8-14H2,(H,26,31)/t18-/m1/s1. The largest absolute Gasteiger partial charge is 0.416 e. The van der Waals surface area contributed by atoms with Crippen molar-refractivity contribution in [1.82, 2.24) is 20.0 Å². The van der Waals surface area contributed by atoms with Crippen LogP contribution in [-0.2, 0) is 11.0 Å². The molecule has 170 valence electrons. The molecule has 1 aromatic carbocycles. The molecule has 0 unspecified atom stereocenters. The predicted molar refractivity (Wildman–Crippen MR) is 110 cm³/mol. The molecular weight excluding hydrogens is 411 g/mol. The molecule has 3 fully saturated rings. The van der Waals surface area contributed by atoms with Crippen molar-refractivity contribution in [2.24, 2.45) is 0 Å². The molecule has 4 rings (SSSR count). The van der Waals surface area contributed by atoms with Gasteiger partial charge in [0.15, 0.2) is 0 Å². The van der Waals surface area contributed by atoms with Gasteiger partial charge in [-0.15, -0.1) is 0 Å². The normalized spacial score (nSPS) is 23.4. The fourth-order valence-electron chi connectivity index (χ4n) is 4.32. The molecule has 1 atom stereocenters. The van der Waals surface area contributed by atoms with E-state index in [9.17, 15) is 22.8 Å². The Morgan fingerprint density at radius 2 is 1.61 bits per heavy atom. The summed E-state index contributed by atoms with van der Waals surface area (Å²) in [5.41, 5.74) is -0.455. The van der Waals surface area contributed by atoms with Crippen LogP contribution in [0.4, 0.5) is 23.7 Å². The molecule has 0 spiro atoms. The lowest BCUT2D eigenvalue weighted by molar-refractivity contribution is -0.138. The third-order valence-corrected chi connectivity index (χ3v) is 6.44. The highest BCUT2D eigenvalue weighted by molar-refractivity contribution is 5.89. The summed E-state index contributed by atoms with van der Waals surface area (Å²) in [5.74, 6) is 0.0758. The van der Waals surface area contributed by atoms with Crippen LogP contribution in [0, 0.1) is 0 Å². The van der Waals surface area contributed by atoms with Gasteiger partial charge in [0.05, 0.1) is 11.6 Å². The highest BCUT2D eigenvalue weighted by Gasteiger charge is 2.35. The van der Waals surface area contributed by atoms with Crippen LogP contribution in [0.5, 0.6) is 0 Å². The Labute approximate surface area is 179 Å². The van der Waals surface area contributed by atoms with Gasteiger partial charge in [-0.25, -0.2) is 4.79 Å². The summed E-state index contributed by atoms with van der Waals surface area (Å²) in [6, 6.07) is 4.39. The van der Waals surface area contributed by atoms with E-state index < -0.39 is 11.7 Å². The fourth-order valence-corrected chi connectivity index (χ4v) is 4.32. The minimum Gasteiger partial charge on any atom is -0.338 e. The monoisotopic (exact) mass is 439 g/mol. The van der Waals surface area contributed by atoms with E-state index in [2.05, 4.69) is 15.5 Å². The van der Waals surface area contributed by atoms with Crippen molar-refractivity contribution in [1.29, 1.82) is 0 Å². The Bertz CT molecular complexity index is 789. The Morgan fingerprint density at radius 1 is 0.968 bits per heavy atom. The van der Waals surface area contributed by atoms with E-state index in [0.29, 0.717) is 37.9 Å². The van der Waals surface area contributed by atoms with E-state index in [0.717, 1.165) is 31.8 Å². The summed E-state index contributed by atoms with van der Waals surface area (Å²) in [6.07, 6.45) is -0.710. The number of carbonyl (C=O) groups is 2. The molecule has 1 aromatic rings. The van der Waals surface area contributed by atoms with E-state index in [-0.39, 0.29) is 18.0 Å². The number of nitrogens with zero attached hydrogens (tertiary/aromatic N) is 3. The molecule has 2 N–H and O–H groups in total. The summed E-state index contributed by atoms with van der Waals surface area (Å²) >= 11 is 0. The Morgan fingerprint density at radius 3 is 2.19 bits per heavy atom. The quantitative estimate of drug-likeness (QED) is 0.758. The molecule has 0 radical (unpaired) electrons. The van der Waals surface area contributed by atoms with Crippen LogP contribution < -0.4 is 10.6 Å². The minimum atomic E-state index is -4.41. The van der Waals surface area contributed by atoms with Crippen molar-refractivity contribution in [3.8, 4) is 0 Å². The number of carbonyl (C=O) groups excluding carboxylic acids is 2. The third kappa shape index (κ3) is 5.12. The van der Waals surface area contributed by atoms with Gasteiger partial charge >= 0.3 is 12.2 Å². The fraction of sp³-hybridized carbons (Fsp3) is 0.619. The Balaban J connectivity index is 1.25. The van der Waals surface area contributed by atoms with Crippen LogP contribution in [0.2, 0.25) is 0 Å². The molecule has 3 aliphatic rings. The highest BCUT2D eigenvalue weighted by atomic mass is 19.4. The van der Waals surface area contributed by atoms with Gasteiger partial charge in [0.2, 0.25) is 5.91 Å². The van der Waals surface area contributed by atoms with Crippen molar-refractivity contribution >= 4 is 17.6 Å². The first kappa shape index (κ1) is 21.9. The zero-order valence-electron chi connectivity index (χ0n) is 17.3. The van der Waals surface area contributed by atoms with E-state index >= 15 is 0 Å². The molecule has 2 saturated heterocycles. The van der Waals surface area contributed by atoms with Gasteiger partial charge in [0.1, 0.15) is 0 Å². The topological polar surface area (TPSA) is 67.9 Å². The second-order valence-electron chi connectivity index (χ2n) is 8.40. The molecular formula is C21H28F3N5O2. The molecule has 31 heavy (non-hydrogen) atoms. The summed E-state index contributed by atoms with van der Waals surface area (Å²) in [4.78, 5) is 31.2. The predicted octanol–water partition coefficient (Wildman–Crippen LogP) is 2.21. The van der Waals surface area contributed by atoms with E-state index in [4.69, 9.17) is 0 Å². The number of alkyl halides is 3. The SMILES string of the molecule is O=C(Nc1ccc(C(F)(F)F)cc1)N1CCN(C(=O)[C@H]2CN(C3CCC3)CCN2)CC1. The summed E-state index contributed by atoms with van der Waals surface area (Å²) < 4.78 is 38.0. The third-order valence-electron chi connectivity index (χ3n) is 6.44. The number of nitrogens with one attached hydrogen (secondary N) is 2. The van der Waals surface area contributed by atoms with Crippen LogP contribution in [0.15, 0.2) is 24.3 Å². The van der Waals surface area contributed by atoms with Crippen LogP contribution >= 0.6 is 0 Å². The van der Waals surface area contributed by atoms with Gasteiger partial charge < -0.3 is 20.4 Å². The second kappa shape index (κ2) is 9.04. The number of hydrogen-bond donors (Lipinski definition) is 2. The highest BCUT2D eigenvalue weighted by Crippen LogP contribution is 2.30. The molecule has 2 aliphatic heterocycles. The minimum absolute atomic E-state index is 0.0758. The van der Waals surface area contributed by atoms with Crippen LogP contribution in [0.1, 0.15) is 24.8 Å². The number of benzene rings is 1. The maximum absolute atomic E-state index is 12.9. The Hall–Kier alpha value is -2.33. The lowest BCUT2D eigenvalue weighted by Crippen LogP contribution is -2.62. The van der Waals surface area contributed by atoms with Crippen molar-refractivity contribution in [3.05, 3.63) is 29.8 Å². The number of urea groups is 1. The van der Waals surface area contributed by atoms with Crippen molar-refractivity contribution < 1.29 is 22.8 Å². The van der Waals surface area contributed by atoms with Gasteiger partial charge in [-0.2, -0.15) is 13.2 Å². The average Bonchev–Trinajstić information content (AvgIpc) is 2.72. The number of amides is 3. The summed E-state index contributed by atoms with van der Waals surface area (Å²) in [6.45, 7) is 4.18. The average molecular weight is 439 g/mol. The smallest absolute Gasteiger partial charge is 0.338 e. The summed E-state index contributed by atoms with van der Waals surface area (Å²) in [7, 11) is 0. The lowest BCUT2D eigenvalue weighted by atomic mass is 9.90. The number of rotatable bonds is 3. The molecule has 1 aliphatic carbocycles. The van der Waals surface area contributed by atoms with E-state index in [1.54, 1.807) is 9.80 Å². The van der Waals surface area contributed by atoms with Gasteiger partial charge in [-0.05, 0) is 37.1 Å². The molecule has 10 heteroatoms. The second-order valence-corrected chi connectivity index (χ2v) is 8.40. The van der Waals surface area contributed by atoms with Gasteiger partial charge in [0.25, 0.3) is 0 Å². The van der Waals surface area contributed by atoms with Crippen molar-refractivity contribution in [2.45, 2.75) is 37.5 Å². The molecule has 2 heterocycles. The van der Waals surface area contributed by atoms with Crippen molar-refractivity contribution in [3.63, 3.8) is 0 Å². The number of halogens is 3. The maximum Gasteiger partial charge on any atom is 0.416 e. The molecule has 7 nitrogen and oxygen atoms in total. The van der Waals surface area contributed by atoms with Gasteiger partial charge in [0, 0.05) is 57.5 Å². The van der Waals surface area contributed by atoms with Gasteiger partial charge in [-0.1, -0.05) is 6.42 Å². The maximum atomic E-state index is 12.9. The Kier molecular flexibility index (Phi) is 6.38.